The molecule has 0 saturated carbocycles. The van der Waals surface area contributed by atoms with Crippen LogP contribution in [0.4, 0.5) is 0 Å². The van der Waals surface area contributed by atoms with E-state index in [1.54, 1.807) is 6.07 Å². The van der Waals surface area contributed by atoms with Gasteiger partial charge in [0.15, 0.2) is 5.82 Å². The maximum atomic E-state index is 12.8. The lowest BCUT2D eigenvalue weighted by Crippen LogP contribution is -2.49. The molecule has 1 unspecified atom stereocenters. The molecule has 7 heteroatoms. The number of fused-ring (bicyclic) bond motifs is 1. The molecule has 0 spiro atoms. The molecule has 0 aliphatic carbocycles. The predicted octanol–water partition coefficient (Wildman–Crippen LogP) is 2.38. The van der Waals surface area contributed by atoms with Gasteiger partial charge in [-0.2, -0.15) is 0 Å². The summed E-state index contributed by atoms with van der Waals surface area (Å²) >= 11 is 0. The zero-order chi connectivity index (χ0) is 20.1. The standard InChI is InChI=1S/C21H29N5O2/c1-14(2)19(23-20(27)16-10-7-6-9-15(16)3)21(28)22-13-18-25-24-17-11-5-4-8-12-26(17)18/h6-7,9-10,14,19H,4-5,8,11-13H2,1-3H3,(H,22,28)(H,23,27). The van der Waals surface area contributed by atoms with E-state index >= 15 is 0 Å². The topological polar surface area (TPSA) is 88.9 Å². The highest BCUT2D eigenvalue weighted by molar-refractivity contribution is 5.98. The van der Waals surface area contributed by atoms with Crippen LogP contribution in [0, 0.1) is 12.8 Å². The average Bonchev–Trinajstić information content (AvgIpc) is 2.90. The molecule has 28 heavy (non-hydrogen) atoms. The normalized spacial score (nSPS) is 14.9. The lowest BCUT2D eigenvalue weighted by Gasteiger charge is -2.22. The molecular formula is C21H29N5O2. The van der Waals surface area contributed by atoms with Gasteiger partial charge in [-0.25, -0.2) is 0 Å². The summed E-state index contributed by atoms with van der Waals surface area (Å²) in [4.78, 5) is 25.4. The summed E-state index contributed by atoms with van der Waals surface area (Å²) in [5.74, 6) is 1.29. The van der Waals surface area contributed by atoms with E-state index in [1.165, 1.54) is 6.42 Å². The Hall–Kier alpha value is -2.70. The smallest absolute Gasteiger partial charge is 0.252 e. The van der Waals surface area contributed by atoms with Crippen molar-refractivity contribution in [2.24, 2.45) is 5.92 Å². The highest BCUT2D eigenvalue weighted by Gasteiger charge is 2.25. The lowest BCUT2D eigenvalue weighted by molar-refractivity contribution is -0.124. The minimum absolute atomic E-state index is 0.0384. The monoisotopic (exact) mass is 383 g/mol. The van der Waals surface area contributed by atoms with Crippen LogP contribution in [-0.4, -0.2) is 32.6 Å². The van der Waals surface area contributed by atoms with Crippen molar-refractivity contribution >= 4 is 11.8 Å². The summed E-state index contributed by atoms with van der Waals surface area (Å²) in [6, 6.07) is 6.75. The van der Waals surface area contributed by atoms with Crippen molar-refractivity contribution in [1.82, 2.24) is 25.4 Å². The van der Waals surface area contributed by atoms with Crippen LogP contribution in [-0.2, 0) is 24.3 Å². The van der Waals surface area contributed by atoms with Gasteiger partial charge in [-0.3, -0.25) is 9.59 Å². The van der Waals surface area contributed by atoms with E-state index in [4.69, 9.17) is 0 Å². The van der Waals surface area contributed by atoms with Gasteiger partial charge in [-0.05, 0) is 37.3 Å². The number of aryl methyl sites for hydroxylation is 2. The molecule has 2 N–H and O–H groups in total. The highest BCUT2D eigenvalue weighted by Crippen LogP contribution is 2.14. The van der Waals surface area contributed by atoms with Crippen LogP contribution in [0.5, 0.6) is 0 Å². The van der Waals surface area contributed by atoms with Crippen molar-refractivity contribution in [1.29, 1.82) is 0 Å². The molecule has 1 aliphatic heterocycles. The first-order valence-electron chi connectivity index (χ1n) is 10.0. The van der Waals surface area contributed by atoms with Crippen LogP contribution in [0.3, 0.4) is 0 Å². The molecule has 0 fully saturated rings. The van der Waals surface area contributed by atoms with E-state index < -0.39 is 6.04 Å². The predicted molar refractivity (Wildman–Crippen MR) is 107 cm³/mol. The average molecular weight is 383 g/mol. The fourth-order valence-electron chi connectivity index (χ4n) is 3.53. The summed E-state index contributed by atoms with van der Waals surface area (Å²) in [5, 5.41) is 14.3. The fourth-order valence-corrected chi connectivity index (χ4v) is 3.53. The third-order valence-electron chi connectivity index (χ3n) is 5.23. The number of nitrogens with zero attached hydrogens (tertiary/aromatic N) is 3. The second kappa shape index (κ2) is 8.99. The molecule has 0 bridgehead atoms. The van der Waals surface area contributed by atoms with Crippen LogP contribution in [0.25, 0.3) is 0 Å². The molecule has 2 heterocycles. The summed E-state index contributed by atoms with van der Waals surface area (Å²) < 4.78 is 2.11. The maximum Gasteiger partial charge on any atom is 0.252 e. The Morgan fingerprint density at radius 2 is 1.93 bits per heavy atom. The van der Waals surface area contributed by atoms with E-state index in [9.17, 15) is 9.59 Å². The Balaban J connectivity index is 1.65. The minimum Gasteiger partial charge on any atom is -0.347 e. The second-order valence-corrected chi connectivity index (χ2v) is 7.72. The van der Waals surface area contributed by atoms with E-state index in [1.807, 2.05) is 39.0 Å². The van der Waals surface area contributed by atoms with Gasteiger partial charge in [0, 0.05) is 18.5 Å². The van der Waals surface area contributed by atoms with Gasteiger partial charge in [0.05, 0.1) is 6.54 Å². The van der Waals surface area contributed by atoms with Gasteiger partial charge in [0.25, 0.3) is 5.91 Å². The molecule has 1 aromatic carbocycles. The summed E-state index contributed by atoms with van der Waals surface area (Å²) in [6.45, 7) is 6.94. The van der Waals surface area contributed by atoms with Crippen molar-refractivity contribution in [3.63, 3.8) is 0 Å². The second-order valence-electron chi connectivity index (χ2n) is 7.72. The minimum atomic E-state index is -0.612. The first kappa shape index (κ1) is 20.0. The molecule has 150 valence electrons. The lowest BCUT2D eigenvalue weighted by atomic mass is 10.0. The number of carbonyl (C=O) groups excluding carboxylic acids is 2. The number of benzene rings is 1. The molecular weight excluding hydrogens is 354 g/mol. The fraction of sp³-hybridized carbons (Fsp3) is 0.524. The van der Waals surface area contributed by atoms with Crippen molar-refractivity contribution in [3.8, 4) is 0 Å². The molecule has 2 amide bonds. The summed E-state index contributed by atoms with van der Waals surface area (Å²) in [5.41, 5.74) is 1.47. The quantitative estimate of drug-likeness (QED) is 0.802. The molecule has 3 rings (SSSR count). The zero-order valence-corrected chi connectivity index (χ0v) is 16.9. The molecule has 1 atom stereocenters. The van der Waals surface area contributed by atoms with Crippen LogP contribution in [0.15, 0.2) is 24.3 Å². The van der Waals surface area contributed by atoms with Crippen molar-refractivity contribution < 1.29 is 9.59 Å². The van der Waals surface area contributed by atoms with Crippen LogP contribution < -0.4 is 10.6 Å². The molecule has 0 saturated heterocycles. The number of carbonyl (C=O) groups is 2. The molecule has 0 radical (unpaired) electrons. The van der Waals surface area contributed by atoms with Gasteiger partial charge in [0.2, 0.25) is 5.91 Å². The van der Waals surface area contributed by atoms with E-state index in [-0.39, 0.29) is 17.7 Å². The number of aromatic nitrogens is 3. The number of rotatable bonds is 6. The van der Waals surface area contributed by atoms with Gasteiger partial charge >= 0.3 is 0 Å². The summed E-state index contributed by atoms with van der Waals surface area (Å²) in [6.07, 6.45) is 4.36. The Kier molecular flexibility index (Phi) is 6.44. The van der Waals surface area contributed by atoms with Crippen molar-refractivity contribution in [3.05, 3.63) is 47.0 Å². The van der Waals surface area contributed by atoms with E-state index in [2.05, 4.69) is 25.4 Å². The number of hydrogen-bond donors (Lipinski definition) is 2. The Morgan fingerprint density at radius 3 is 2.68 bits per heavy atom. The molecule has 7 nitrogen and oxygen atoms in total. The van der Waals surface area contributed by atoms with Crippen LogP contribution in [0.1, 0.15) is 60.7 Å². The van der Waals surface area contributed by atoms with Gasteiger partial charge in [-0.1, -0.05) is 38.5 Å². The zero-order valence-electron chi connectivity index (χ0n) is 16.9. The van der Waals surface area contributed by atoms with E-state index in [0.29, 0.717) is 12.1 Å². The molecule has 1 aromatic heterocycles. The highest BCUT2D eigenvalue weighted by atomic mass is 16.2. The Bertz CT molecular complexity index is 843. The van der Waals surface area contributed by atoms with Gasteiger partial charge in [-0.15, -0.1) is 10.2 Å². The van der Waals surface area contributed by atoms with Crippen molar-refractivity contribution in [2.45, 2.75) is 65.6 Å². The van der Waals surface area contributed by atoms with E-state index in [0.717, 1.165) is 43.0 Å². The molecule has 1 aliphatic rings. The number of hydrogen-bond acceptors (Lipinski definition) is 4. The number of amides is 2. The molecule has 2 aromatic rings. The largest absolute Gasteiger partial charge is 0.347 e. The first-order valence-corrected chi connectivity index (χ1v) is 10.0. The summed E-state index contributed by atoms with van der Waals surface area (Å²) in [7, 11) is 0. The van der Waals surface area contributed by atoms with Crippen LogP contribution >= 0.6 is 0 Å². The third-order valence-corrected chi connectivity index (χ3v) is 5.23. The van der Waals surface area contributed by atoms with Gasteiger partial charge in [0.1, 0.15) is 11.9 Å². The first-order chi connectivity index (χ1) is 13.5. The SMILES string of the molecule is Cc1ccccc1C(=O)NC(C(=O)NCc1nnc2n1CCCCC2)C(C)C. The van der Waals surface area contributed by atoms with Crippen molar-refractivity contribution in [2.75, 3.05) is 0 Å². The maximum absolute atomic E-state index is 12.8. The Morgan fingerprint density at radius 1 is 1.14 bits per heavy atom. The van der Waals surface area contributed by atoms with Gasteiger partial charge < -0.3 is 15.2 Å². The third kappa shape index (κ3) is 4.58. The Labute approximate surface area is 165 Å². The van der Waals surface area contributed by atoms with Crippen LogP contribution in [0.2, 0.25) is 0 Å². The number of nitrogens with one attached hydrogen (secondary N) is 2.